The first-order chi connectivity index (χ1) is 4.22. The number of rotatable bonds is 4. The molecule has 0 amide bonds. The van der Waals surface area contributed by atoms with Gasteiger partial charge in [-0.05, 0) is 24.4 Å². The topological polar surface area (TPSA) is 17.1 Å². The molecule has 0 aromatic heterocycles. The van der Waals surface area contributed by atoms with E-state index in [9.17, 15) is 4.79 Å². The molecule has 2 heteroatoms. The summed E-state index contributed by atoms with van der Waals surface area (Å²) in [6.07, 6.45) is 2.84. The number of hydrogen-bond acceptors (Lipinski definition) is 1. The van der Waals surface area contributed by atoms with Crippen molar-refractivity contribution < 1.29 is 4.79 Å². The fraction of sp³-hybridized carbons (Fsp3) is 0.857. The van der Waals surface area contributed by atoms with Gasteiger partial charge in [-0.15, -0.1) is 0 Å². The van der Waals surface area contributed by atoms with Crippen LogP contribution in [0.1, 0.15) is 33.1 Å². The molecular weight excluding hydrogens is 136 g/mol. The maximum atomic E-state index is 10.5. The number of carbonyl (C=O) groups is 1. The van der Waals surface area contributed by atoms with Crippen molar-refractivity contribution in [3.05, 3.63) is 0 Å². The molecule has 0 rings (SSSR count). The van der Waals surface area contributed by atoms with Crippen molar-refractivity contribution >= 4 is 16.8 Å². The Morgan fingerprint density at radius 1 is 1.56 bits per heavy atom. The monoisotopic (exact) mass is 148 g/mol. The van der Waals surface area contributed by atoms with Crippen LogP contribution >= 0.6 is 11.6 Å². The lowest BCUT2D eigenvalue weighted by atomic mass is 10.0. The fourth-order valence-corrected chi connectivity index (χ4v) is 1.09. The van der Waals surface area contributed by atoms with Crippen LogP contribution in [0.2, 0.25) is 0 Å². The summed E-state index contributed by atoms with van der Waals surface area (Å²) in [5.41, 5.74) is 0. The van der Waals surface area contributed by atoms with E-state index in [2.05, 4.69) is 6.92 Å². The van der Waals surface area contributed by atoms with Crippen LogP contribution in [0.5, 0.6) is 0 Å². The van der Waals surface area contributed by atoms with Gasteiger partial charge in [-0.2, -0.15) is 0 Å². The van der Waals surface area contributed by atoms with Crippen LogP contribution in [0.3, 0.4) is 0 Å². The third-order valence-corrected chi connectivity index (χ3v) is 1.76. The Bertz CT molecular complexity index is 90.9. The van der Waals surface area contributed by atoms with E-state index in [1.165, 1.54) is 0 Å². The van der Waals surface area contributed by atoms with Crippen LogP contribution in [-0.4, -0.2) is 5.24 Å². The molecule has 0 radical (unpaired) electrons. The minimum Gasteiger partial charge on any atom is -0.281 e. The van der Waals surface area contributed by atoms with Crippen LogP contribution in [0.4, 0.5) is 0 Å². The van der Waals surface area contributed by atoms with Gasteiger partial charge in [0.05, 0.1) is 0 Å². The first-order valence-electron chi connectivity index (χ1n) is 3.41. The quantitative estimate of drug-likeness (QED) is 0.560. The molecule has 0 aromatic rings. The Hall–Kier alpha value is -0.0400. The van der Waals surface area contributed by atoms with Crippen molar-refractivity contribution in [2.75, 3.05) is 0 Å². The smallest absolute Gasteiger partial charge is 0.224 e. The van der Waals surface area contributed by atoms with Gasteiger partial charge in [0.2, 0.25) is 5.24 Å². The summed E-state index contributed by atoms with van der Waals surface area (Å²) in [4.78, 5) is 10.5. The molecule has 0 N–H and O–H groups in total. The Labute approximate surface area is 61.4 Å². The summed E-state index contributed by atoms with van der Waals surface area (Å²) in [6.45, 7) is 4.04. The molecular formula is C7H13ClO. The van der Waals surface area contributed by atoms with Crippen LogP contribution < -0.4 is 0 Å². The molecule has 0 aromatic carbocycles. The van der Waals surface area contributed by atoms with E-state index in [1.54, 1.807) is 0 Å². The van der Waals surface area contributed by atoms with Crippen LogP contribution in [0, 0.1) is 5.92 Å². The zero-order valence-electron chi connectivity index (χ0n) is 5.98. The zero-order chi connectivity index (χ0) is 7.28. The highest BCUT2D eigenvalue weighted by Gasteiger charge is 2.11. The van der Waals surface area contributed by atoms with Crippen LogP contribution in [0.15, 0.2) is 0 Å². The predicted octanol–water partition coefficient (Wildman–Crippen LogP) is 2.58. The van der Waals surface area contributed by atoms with Crippen LogP contribution in [0.25, 0.3) is 0 Å². The van der Waals surface area contributed by atoms with E-state index in [0.29, 0.717) is 0 Å². The first-order valence-corrected chi connectivity index (χ1v) is 3.79. The normalized spacial score (nSPS) is 13.2. The maximum Gasteiger partial charge on any atom is 0.224 e. The number of carbonyl (C=O) groups excluding carboxylic acids is 1. The van der Waals surface area contributed by atoms with Gasteiger partial charge in [0.15, 0.2) is 0 Å². The fourth-order valence-electron chi connectivity index (χ4n) is 0.827. The summed E-state index contributed by atoms with van der Waals surface area (Å²) in [7, 11) is 0. The molecule has 0 heterocycles. The molecule has 0 saturated carbocycles. The van der Waals surface area contributed by atoms with Crippen molar-refractivity contribution in [3.8, 4) is 0 Å². The standard InChI is InChI=1S/C7H13ClO/c1-3-5-6(4-2)7(8)9/h6H,3-5H2,1-2H3. The molecule has 1 nitrogen and oxygen atoms in total. The van der Waals surface area contributed by atoms with E-state index >= 15 is 0 Å². The second-order valence-corrected chi connectivity index (χ2v) is 2.57. The molecule has 0 aliphatic carbocycles. The van der Waals surface area contributed by atoms with E-state index in [0.717, 1.165) is 19.3 Å². The number of hydrogen-bond donors (Lipinski definition) is 0. The highest BCUT2D eigenvalue weighted by Crippen LogP contribution is 2.13. The van der Waals surface area contributed by atoms with Crippen molar-refractivity contribution in [1.29, 1.82) is 0 Å². The van der Waals surface area contributed by atoms with Gasteiger partial charge in [-0.1, -0.05) is 20.3 Å². The lowest BCUT2D eigenvalue weighted by molar-refractivity contribution is -0.115. The van der Waals surface area contributed by atoms with Gasteiger partial charge in [0.25, 0.3) is 0 Å². The Balaban J connectivity index is 3.54. The second-order valence-electron chi connectivity index (χ2n) is 2.20. The average molecular weight is 149 g/mol. The van der Waals surface area contributed by atoms with E-state index in [-0.39, 0.29) is 11.2 Å². The Morgan fingerprint density at radius 3 is 2.22 bits per heavy atom. The SMILES string of the molecule is CCCC(CC)C(=O)Cl. The van der Waals surface area contributed by atoms with Gasteiger partial charge in [-0.25, -0.2) is 0 Å². The molecule has 0 aliphatic heterocycles. The highest BCUT2D eigenvalue weighted by atomic mass is 35.5. The van der Waals surface area contributed by atoms with E-state index in [1.807, 2.05) is 6.92 Å². The maximum absolute atomic E-state index is 10.5. The van der Waals surface area contributed by atoms with Gasteiger partial charge < -0.3 is 0 Å². The minimum atomic E-state index is -0.181. The minimum absolute atomic E-state index is 0.0941. The van der Waals surface area contributed by atoms with E-state index < -0.39 is 0 Å². The van der Waals surface area contributed by atoms with Crippen molar-refractivity contribution in [3.63, 3.8) is 0 Å². The lowest BCUT2D eigenvalue weighted by Gasteiger charge is -2.05. The van der Waals surface area contributed by atoms with Gasteiger partial charge in [0.1, 0.15) is 0 Å². The molecule has 0 fully saturated rings. The average Bonchev–Trinajstić information content (AvgIpc) is 1.82. The van der Waals surface area contributed by atoms with Crippen molar-refractivity contribution in [2.45, 2.75) is 33.1 Å². The summed E-state index contributed by atoms with van der Waals surface area (Å²) in [6, 6.07) is 0. The predicted molar refractivity (Wildman–Crippen MR) is 39.5 cm³/mol. The molecule has 9 heavy (non-hydrogen) atoms. The molecule has 1 atom stereocenters. The van der Waals surface area contributed by atoms with Crippen molar-refractivity contribution in [2.24, 2.45) is 5.92 Å². The molecule has 0 aliphatic rings. The summed E-state index contributed by atoms with van der Waals surface area (Å²) in [5, 5.41) is -0.181. The molecule has 0 saturated heterocycles. The van der Waals surface area contributed by atoms with Gasteiger partial charge >= 0.3 is 0 Å². The largest absolute Gasteiger partial charge is 0.281 e. The van der Waals surface area contributed by atoms with Crippen molar-refractivity contribution in [1.82, 2.24) is 0 Å². The lowest BCUT2D eigenvalue weighted by Crippen LogP contribution is -2.06. The Kier molecular flexibility index (Phi) is 4.78. The van der Waals surface area contributed by atoms with Gasteiger partial charge in [-0.3, -0.25) is 4.79 Å². The highest BCUT2D eigenvalue weighted by molar-refractivity contribution is 6.63. The molecule has 0 spiro atoms. The molecule has 1 unspecified atom stereocenters. The van der Waals surface area contributed by atoms with Crippen LogP contribution in [-0.2, 0) is 4.79 Å². The van der Waals surface area contributed by atoms with Gasteiger partial charge in [0, 0.05) is 5.92 Å². The summed E-state index contributed by atoms with van der Waals surface area (Å²) >= 11 is 5.28. The molecule has 54 valence electrons. The molecule has 0 bridgehead atoms. The zero-order valence-corrected chi connectivity index (χ0v) is 6.74. The second kappa shape index (κ2) is 4.80. The number of halogens is 1. The summed E-state index contributed by atoms with van der Waals surface area (Å²) in [5.74, 6) is 0.0941. The third-order valence-electron chi connectivity index (χ3n) is 1.45. The Morgan fingerprint density at radius 2 is 2.11 bits per heavy atom. The van der Waals surface area contributed by atoms with E-state index in [4.69, 9.17) is 11.6 Å². The third kappa shape index (κ3) is 3.52. The summed E-state index contributed by atoms with van der Waals surface area (Å²) < 4.78 is 0. The first kappa shape index (κ1) is 8.96.